The van der Waals surface area contributed by atoms with Crippen molar-refractivity contribution >= 4 is 0 Å². The third-order valence-electron chi connectivity index (χ3n) is 4.96. The van der Waals surface area contributed by atoms with E-state index in [-0.39, 0.29) is 6.04 Å². The molecule has 0 aliphatic carbocycles. The molecule has 3 unspecified atom stereocenters. The molecule has 1 aromatic heterocycles. The number of aromatic nitrogens is 2. The van der Waals surface area contributed by atoms with E-state index in [1.165, 1.54) is 31.5 Å². The van der Waals surface area contributed by atoms with E-state index in [2.05, 4.69) is 28.0 Å². The SMILES string of the molecule is CCC(N)C(c1cnn(C)c1)N1CCN2CCCC2C1. The normalized spacial score (nSPS) is 27.4. The summed E-state index contributed by atoms with van der Waals surface area (Å²) in [6, 6.07) is 1.25. The van der Waals surface area contributed by atoms with Gasteiger partial charge in [0.2, 0.25) is 0 Å². The fraction of sp³-hybridized carbons (Fsp3) is 0.800. The first-order valence-corrected chi connectivity index (χ1v) is 7.91. The van der Waals surface area contributed by atoms with Crippen LogP contribution < -0.4 is 5.73 Å². The Kier molecular flexibility index (Phi) is 4.10. The fourth-order valence-electron chi connectivity index (χ4n) is 3.81. The van der Waals surface area contributed by atoms with Crippen LogP contribution in [0.5, 0.6) is 0 Å². The summed E-state index contributed by atoms with van der Waals surface area (Å²) in [5.74, 6) is 0. The quantitative estimate of drug-likeness (QED) is 0.891. The van der Waals surface area contributed by atoms with Crippen LogP contribution in [0.25, 0.3) is 0 Å². The van der Waals surface area contributed by atoms with E-state index in [0.717, 1.165) is 25.6 Å². The monoisotopic (exact) mass is 277 g/mol. The first-order chi connectivity index (χ1) is 9.69. The van der Waals surface area contributed by atoms with E-state index >= 15 is 0 Å². The van der Waals surface area contributed by atoms with Crippen molar-refractivity contribution in [2.45, 2.75) is 44.3 Å². The summed E-state index contributed by atoms with van der Waals surface area (Å²) >= 11 is 0. The maximum atomic E-state index is 6.43. The Balaban J connectivity index is 1.78. The molecule has 0 spiro atoms. The molecule has 0 amide bonds. The molecule has 112 valence electrons. The molecule has 0 bridgehead atoms. The molecular formula is C15H27N5. The number of fused-ring (bicyclic) bond motifs is 1. The van der Waals surface area contributed by atoms with Gasteiger partial charge < -0.3 is 5.73 Å². The molecule has 2 saturated heterocycles. The van der Waals surface area contributed by atoms with E-state index in [4.69, 9.17) is 5.73 Å². The van der Waals surface area contributed by atoms with Gasteiger partial charge in [-0.2, -0.15) is 5.10 Å². The molecule has 2 N–H and O–H groups in total. The molecule has 20 heavy (non-hydrogen) atoms. The van der Waals surface area contributed by atoms with Crippen LogP contribution in [-0.2, 0) is 7.05 Å². The van der Waals surface area contributed by atoms with Gasteiger partial charge in [0, 0.05) is 50.5 Å². The van der Waals surface area contributed by atoms with E-state index in [1.807, 2.05) is 17.9 Å². The van der Waals surface area contributed by atoms with Crippen molar-refractivity contribution < 1.29 is 0 Å². The van der Waals surface area contributed by atoms with Crippen LogP contribution in [0.4, 0.5) is 0 Å². The minimum absolute atomic E-state index is 0.187. The predicted molar refractivity (Wildman–Crippen MR) is 80.4 cm³/mol. The number of piperazine rings is 1. The highest BCUT2D eigenvalue weighted by Gasteiger charge is 2.35. The van der Waals surface area contributed by atoms with Gasteiger partial charge in [0.25, 0.3) is 0 Å². The summed E-state index contributed by atoms with van der Waals surface area (Å²) in [5, 5.41) is 4.34. The van der Waals surface area contributed by atoms with Crippen molar-refractivity contribution in [1.82, 2.24) is 19.6 Å². The van der Waals surface area contributed by atoms with Crippen LogP contribution in [0.3, 0.4) is 0 Å². The van der Waals surface area contributed by atoms with Crippen LogP contribution >= 0.6 is 0 Å². The lowest BCUT2D eigenvalue weighted by Crippen LogP contribution is -2.54. The Hall–Kier alpha value is -0.910. The summed E-state index contributed by atoms with van der Waals surface area (Å²) in [4.78, 5) is 5.24. The van der Waals surface area contributed by atoms with E-state index in [0.29, 0.717) is 6.04 Å². The van der Waals surface area contributed by atoms with Gasteiger partial charge in [-0.15, -0.1) is 0 Å². The maximum absolute atomic E-state index is 6.43. The molecule has 3 heterocycles. The van der Waals surface area contributed by atoms with Crippen LogP contribution in [0, 0.1) is 0 Å². The first-order valence-electron chi connectivity index (χ1n) is 7.91. The molecule has 5 heteroatoms. The van der Waals surface area contributed by atoms with E-state index in [1.54, 1.807) is 0 Å². The molecule has 3 rings (SSSR count). The maximum Gasteiger partial charge on any atom is 0.0538 e. The van der Waals surface area contributed by atoms with Crippen molar-refractivity contribution in [3.63, 3.8) is 0 Å². The van der Waals surface area contributed by atoms with Crippen LogP contribution in [0.1, 0.15) is 37.8 Å². The van der Waals surface area contributed by atoms with Crippen molar-refractivity contribution in [2.24, 2.45) is 12.8 Å². The second-order valence-corrected chi connectivity index (χ2v) is 6.29. The Bertz CT molecular complexity index is 443. The second-order valence-electron chi connectivity index (χ2n) is 6.29. The smallest absolute Gasteiger partial charge is 0.0538 e. The van der Waals surface area contributed by atoms with Gasteiger partial charge in [-0.25, -0.2) is 0 Å². The number of hydrogen-bond donors (Lipinski definition) is 1. The van der Waals surface area contributed by atoms with E-state index in [9.17, 15) is 0 Å². The van der Waals surface area contributed by atoms with Crippen molar-refractivity contribution in [3.05, 3.63) is 18.0 Å². The Morgan fingerprint density at radius 1 is 1.40 bits per heavy atom. The Labute approximate surface area is 121 Å². The van der Waals surface area contributed by atoms with Gasteiger partial charge in [0.05, 0.1) is 12.2 Å². The molecule has 3 atom stereocenters. The highest BCUT2D eigenvalue weighted by Crippen LogP contribution is 2.30. The zero-order chi connectivity index (χ0) is 14.1. The van der Waals surface area contributed by atoms with Crippen molar-refractivity contribution in [1.29, 1.82) is 0 Å². The number of nitrogens with two attached hydrogens (primary N) is 1. The first kappa shape index (κ1) is 14.0. The van der Waals surface area contributed by atoms with E-state index < -0.39 is 0 Å². The lowest BCUT2D eigenvalue weighted by atomic mass is 9.97. The van der Waals surface area contributed by atoms with Gasteiger partial charge in [0.15, 0.2) is 0 Å². The number of hydrogen-bond acceptors (Lipinski definition) is 4. The van der Waals surface area contributed by atoms with Crippen LogP contribution in [0.15, 0.2) is 12.4 Å². The molecule has 0 radical (unpaired) electrons. The minimum Gasteiger partial charge on any atom is -0.326 e. The van der Waals surface area contributed by atoms with Gasteiger partial charge in [-0.1, -0.05) is 6.92 Å². The zero-order valence-corrected chi connectivity index (χ0v) is 12.7. The summed E-state index contributed by atoms with van der Waals surface area (Å²) < 4.78 is 1.89. The summed E-state index contributed by atoms with van der Waals surface area (Å²) in [5.41, 5.74) is 7.71. The molecule has 2 aliphatic rings. The molecule has 2 aliphatic heterocycles. The van der Waals surface area contributed by atoms with Gasteiger partial charge in [0.1, 0.15) is 0 Å². The largest absolute Gasteiger partial charge is 0.326 e. The summed E-state index contributed by atoms with van der Waals surface area (Å²) in [6.45, 7) is 6.95. The average Bonchev–Trinajstić information content (AvgIpc) is 3.07. The minimum atomic E-state index is 0.187. The standard InChI is InChI=1S/C15H27N5/c1-3-14(16)15(12-9-17-18(2)10-12)20-8-7-19-6-4-5-13(19)11-20/h9-10,13-15H,3-8,11,16H2,1-2H3. The lowest BCUT2D eigenvalue weighted by molar-refractivity contribution is 0.0608. The number of nitrogens with zero attached hydrogens (tertiary/aromatic N) is 4. The zero-order valence-electron chi connectivity index (χ0n) is 12.7. The highest BCUT2D eigenvalue weighted by atomic mass is 15.3. The van der Waals surface area contributed by atoms with Gasteiger partial charge >= 0.3 is 0 Å². The van der Waals surface area contributed by atoms with Crippen LogP contribution in [-0.4, -0.2) is 57.8 Å². The van der Waals surface area contributed by atoms with Gasteiger partial charge in [-0.3, -0.25) is 14.5 Å². The third kappa shape index (κ3) is 2.62. The molecular weight excluding hydrogens is 250 g/mol. The number of aryl methyl sites for hydroxylation is 1. The second kappa shape index (κ2) is 5.84. The molecule has 1 aromatic rings. The van der Waals surface area contributed by atoms with Crippen LogP contribution in [0.2, 0.25) is 0 Å². The summed E-state index contributed by atoms with van der Waals surface area (Å²) in [6.07, 6.45) is 7.82. The average molecular weight is 277 g/mol. The van der Waals surface area contributed by atoms with Crippen molar-refractivity contribution in [2.75, 3.05) is 26.2 Å². The lowest BCUT2D eigenvalue weighted by Gasteiger charge is -2.43. The third-order valence-corrected chi connectivity index (χ3v) is 4.96. The highest BCUT2D eigenvalue weighted by molar-refractivity contribution is 5.14. The topological polar surface area (TPSA) is 50.3 Å². The Morgan fingerprint density at radius 2 is 2.25 bits per heavy atom. The summed E-state index contributed by atoms with van der Waals surface area (Å²) in [7, 11) is 1.98. The predicted octanol–water partition coefficient (Wildman–Crippen LogP) is 0.979. The number of rotatable bonds is 4. The molecule has 0 saturated carbocycles. The molecule has 5 nitrogen and oxygen atoms in total. The fourth-order valence-corrected chi connectivity index (χ4v) is 3.81. The van der Waals surface area contributed by atoms with Crippen molar-refractivity contribution in [3.8, 4) is 0 Å². The molecule has 0 aromatic carbocycles. The Morgan fingerprint density at radius 3 is 2.95 bits per heavy atom. The van der Waals surface area contributed by atoms with Gasteiger partial charge in [-0.05, 0) is 25.8 Å². The molecule has 2 fully saturated rings.